The normalized spacial score (nSPS) is 13.7. The SMILES string of the molecule is COc1ccccc1C/C(C)=C/C(C)O. The maximum absolute atomic E-state index is 9.22. The highest BCUT2D eigenvalue weighted by Crippen LogP contribution is 2.20. The molecule has 0 radical (unpaired) electrons. The first-order valence-electron chi connectivity index (χ1n) is 5.10. The van der Waals surface area contributed by atoms with Crippen molar-refractivity contribution < 1.29 is 9.84 Å². The standard InChI is InChI=1S/C13H18O2/c1-10(8-11(2)14)9-12-6-4-5-7-13(12)15-3/h4-8,11,14H,9H2,1-3H3/b10-8+. The lowest BCUT2D eigenvalue weighted by Crippen LogP contribution is -1.98. The van der Waals surface area contributed by atoms with Gasteiger partial charge in [-0.05, 0) is 31.9 Å². The Morgan fingerprint density at radius 2 is 2.13 bits per heavy atom. The zero-order valence-electron chi connectivity index (χ0n) is 9.53. The smallest absolute Gasteiger partial charge is 0.122 e. The Morgan fingerprint density at radius 3 is 2.73 bits per heavy atom. The van der Waals surface area contributed by atoms with Crippen LogP contribution in [-0.2, 0) is 6.42 Å². The Bertz CT molecular complexity index is 340. The van der Waals surface area contributed by atoms with Gasteiger partial charge in [-0.15, -0.1) is 0 Å². The number of rotatable bonds is 4. The van der Waals surface area contributed by atoms with Crippen molar-refractivity contribution >= 4 is 0 Å². The molecule has 0 aliphatic rings. The second-order valence-electron chi connectivity index (χ2n) is 3.74. The molecular weight excluding hydrogens is 188 g/mol. The average molecular weight is 206 g/mol. The van der Waals surface area contributed by atoms with Crippen molar-refractivity contribution in [2.45, 2.75) is 26.4 Å². The molecule has 1 aromatic carbocycles. The van der Waals surface area contributed by atoms with Gasteiger partial charge in [0.25, 0.3) is 0 Å². The van der Waals surface area contributed by atoms with Crippen molar-refractivity contribution in [2.24, 2.45) is 0 Å². The molecule has 0 bridgehead atoms. The van der Waals surface area contributed by atoms with Crippen LogP contribution in [0.15, 0.2) is 35.9 Å². The minimum absolute atomic E-state index is 0.389. The molecule has 0 amide bonds. The summed E-state index contributed by atoms with van der Waals surface area (Å²) in [6.07, 6.45) is 2.28. The van der Waals surface area contributed by atoms with Crippen LogP contribution in [0.2, 0.25) is 0 Å². The molecule has 0 heterocycles. The summed E-state index contributed by atoms with van der Waals surface area (Å²) < 4.78 is 5.26. The van der Waals surface area contributed by atoms with Crippen molar-refractivity contribution in [1.29, 1.82) is 0 Å². The molecule has 82 valence electrons. The number of allylic oxidation sites excluding steroid dienone is 1. The number of hydrogen-bond donors (Lipinski definition) is 1. The maximum Gasteiger partial charge on any atom is 0.122 e. The predicted octanol–water partition coefficient (Wildman–Crippen LogP) is 2.56. The number of methoxy groups -OCH3 is 1. The van der Waals surface area contributed by atoms with E-state index in [9.17, 15) is 5.11 Å². The Labute approximate surface area is 91.2 Å². The lowest BCUT2D eigenvalue weighted by atomic mass is 10.0. The summed E-state index contributed by atoms with van der Waals surface area (Å²) in [5.41, 5.74) is 2.30. The molecule has 0 spiro atoms. The van der Waals surface area contributed by atoms with E-state index in [1.54, 1.807) is 14.0 Å². The van der Waals surface area contributed by atoms with Crippen LogP contribution in [-0.4, -0.2) is 18.3 Å². The van der Waals surface area contributed by atoms with Gasteiger partial charge in [-0.25, -0.2) is 0 Å². The van der Waals surface area contributed by atoms with Crippen molar-refractivity contribution in [3.8, 4) is 5.75 Å². The monoisotopic (exact) mass is 206 g/mol. The van der Waals surface area contributed by atoms with Crippen molar-refractivity contribution in [3.63, 3.8) is 0 Å². The summed E-state index contributed by atoms with van der Waals surface area (Å²) >= 11 is 0. The number of ether oxygens (including phenoxy) is 1. The minimum atomic E-state index is -0.389. The average Bonchev–Trinajstić information content (AvgIpc) is 2.17. The van der Waals surface area contributed by atoms with Crippen molar-refractivity contribution in [2.75, 3.05) is 7.11 Å². The molecule has 1 atom stereocenters. The summed E-state index contributed by atoms with van der Waals surface area (Å²) in [5, 5.41) is 9.22. The lowest BCUT2D eigenvalue weighted by Gasteiger charge is -2.08. The second-order valence-corrected chi connectivity index (χ2v) is 3.74. The fraction of sp³-hybridized carbons (Fsp3) is 0.385. The Hall–Kier alpha value is -1.28. The minimum Gasteiger partial charge on any atom is -0.496 e. The molecule has 0 aliphatic heterocycles. The van der Waals surface area contributed by atoms with Gasteiger partial charge >= 0.3 is 0 Å². The van der Waals surface area contributed by atoms with Crippen LogP contribution < -0.4 is 4.74 Å². The van der Waals surface area contributed by atoms with E-state index in [0.29, 0.717) is 0 Å². The predicted molar refractivity (Wildman–Crippen MR) is 62.1 cm³/mol. The van der Waals surface area contributed by atoms with Gasteiger partial charge in [0.05, 0.1) is 13.2 Å². The highest BCUT2D eigenvalue weighted by atomic mass is 16.5. The van der Waals surface area contributed by atoms with Gasteiger partial charge in [0.1, 0.15) is 5.75 Å². The second kappa shape index (κ2) is 5.56. The number of aliphatic hydroxyl groups excluding tert-OH is 1. The first-order chi connectivity index (χ1) is 7.13. The highest BCUT2D eigenvalue weighted by molar-refractivity contribution is 5.36. The van der Waals surface area contributed by atoms with Crippen LogP contribution >= 0.6 is 0 Å². The number of benzene rings is 1. The summed E-state index contributed by atoms with van der Waals surface area (Å²) in [7, 11) is 1.67. The molecule has 1 unspecified atom stereocenters. The molecule has 0 saturated carbocycles. The zero-order valence-corrected chi connectivity index (χ0v) is 9.53. The van der Waals surface area contributed by atoms with Gasteiger partial charge in [-0.2, -0.15) is 0 Å². The molecule has 2 heteroatoms. The van der Waals surface area contributed by atoms with Crippen molar-refractivity contribution in [1.82, 2.24) is 0 Å². The Balaban J connectivity index is 2.80. The van der Waals surface area contributed by atoms with E-state index in [4.69, 9.17) is 4.74 Å². The zero-order chi connectivity index (χ0) is 11.3. The fourth-order valence-electron chi connectivity index (χ4n) is 1.62. The number of hydrogen-bond acceptors (Lipinski definition) is 2. The third-order valence-electron chi connectivity index (χ3n) is 2.19. The van der Waals surface area contributed by atoms with Gasteiger partial charge in [0, 0.05) is 0 Å². The molecule has 1 N–H and O–H groups in total. The van der Waals surface area contributed by atoms with E-state index in [1.807, 2.05) is 37.3 Å². The van der Waals surface area contributed by atoms with Gasteiger partial charge in [0.15, 0.2) is 0 Å². The molecule has 0 aromatic heterocycles. The van der Waals surface area contributed by atoms with Crippen LogP contribution in [0.25, 0.3) is 0 Å². The quantitative estimate of drug-likeness (QED) is 0.767. The summed E-state index contributed by atoms with van der Waals surface area (Å²) in [6, 6.07) is 7.94. The Kier molecular flexibility index (Phi) is 4.37. The molecule has 15 heavy (non-hydrogen) atoms. The molecule has 1 aromatic rings. The van der Waals surface area contributed by atoms with Crippen LogP contribution in [0.1, 0.15) is 19.4 Å². The third kappa shape index (κ3) is 3.76. The summed E-state index contributed by atoms with van der Waals surface area (Å²) in [6.45, 7) is 3.77. The first-order valence-corrected chi connectivity index (χ1v) is 5.10. The number of para-hydroxylation sites is 1. The van der Waals surface area contributed by atoms with Gasteiger partial charge in [-0.1, -0.05) is 29.8 Å². The molecule has 1 rings (SSSR count). The van der Waals surface area contributed by atoms with E-state index in [0.717, 1.165) is 23.3 Å². The van der Waals surface area contributed by atoms with Gasteiger partial charge < -0.3 is 9.84 Å². The topological polar surface area (TPSA) is 29.5 Å². The third-order valence-corrected chi connectivity index (χ3v) is 2.19. The summed E-state index contributed by atoms with van der Waals surface area (Å²) in [5.74, 6) is 0.899. The molecular formula is C13H18O2. The lowest BCUT2D eigenvalue weighted by molar-refractivity contribution is 0.243. The largest absolute Gasteiger partial charge is 0.496 e. The molecule has 2 nitrogen and oxygen atoms in total. The molecule has 0 aliphatic carbocycles. The molecule has 0 saturated heterocycles. The van der Waals surface area contributed by atoms with Crippen LogP contribution in [0.5, 0.6) is 5.75 Å². The van der Waals surface area contributed by atoms with E-state index < -0.39 is 0 Å². The Morgan fingerprint density at radius 1 is 1.47 bits per heavy atom. The highest BCUT2D eigenvalue weighted by Gasteiger charge is 2.02. The maximum atomic E-state index is 9.22. The van der Waals surface area contributed by atoms with E-state index in [1.165, 1.54) is 0 Å². The van der Waals surface area contributed by atoms with Crippen LogP contribution in [0.4, 0.5) is 0 Å². The number of aliphatic hydroxyl groups is 1. The van der Waals surface area contributed by atoms with Crippen LogP contribution in [0.3, 0.4) is 0 Å². The summed E-state index contributed by atoms with van der Waals surface area (Å²) in [4.78, 5) is 0. The van der Waals surface area contributed by atoms with Gasteiger partial charge in [-0.3, -0.25) is 0 Å². The van der Waals surface area contributed by atoms with Gasteiger partial charge in [0.2, 0.25) is 0 Å². The van der Waals surface area contributed by atoms with Crippen LogP contribution in [0, 0.1) is 0 Å². The first kappa shape index (κ1) is 11.8. The van der Waals surface area contributed by atoms with Crippen molar-refractivity contribution in [3.05, 3.63) is 41.5 Å². The van der Waals surface area contributed by atoms with E-state index >= 15 is 0 Å². The molecule has 0 fully saturated rings. The fourth-order valence-corrected chi connectivity index (χ4v) is 1.62. The van der Waals surface area contributed by atoms with E-state index in [-0.39, 0.29) is 6.10 Å². The van der Waals surface area contributed by atoms with E-state index in [2.05, 4.69) is 0 Å².